The Morgan fingerprint density at radius 2 is 1.88 bits per heavy atom. The van der Waals surface area contributed by atoms with Gasteiger partial charge in [0.25, 0.3) is 5.56 Å². The van der Waals surface area contributed by atoms with Crippen molar-refractivity contribution < 1.29 is 4.42 Å². The average Bonchev–Trinajstić information content (AvgIpc) is 3.10. The van der Waals surface area contributed by atoms with Crippen LogP contribution in [0.5, 0.6) is 0 Å². The number of nitrogens with one attached hydrogen (secondary N) is 1. The zero-order valence-corrected chi connectivity index (χ0v) is 14.1. The van der Waals surface area contributed by atoms with E-state index in [1.54, 1.807) is 48.5 Å². The first-order valence-electron chi connectivity index (χ1n) is 7.76. The van der Waals surface area contributed by atoms with Gasteiger partial charge in [-0.05, 0) is 36.4 Å². The Bertz CT molecular complexity index is 1250. The van der Waals surface area contributed by atoms with E-state index in [0.29, 0.717) is 27.4 Å². The zero-order valence-electron chi connectivity index (χ0n) is 13.3. The summed E-state index contributed by atoms with van der Waals surface area (Å²) < 4.78 is 6.45. The molecule has 1 N–H and O–H groups in total. The van der Waals surface area contributed by atoms with Gasteiger partial charge in [-0.2, -0.15) is 5.10 Å². The molecule has 2 aromatic heterocycles. The van der Waals surface area contributed by atoms with Crippen molar-refractivity contribution in [2.24, 2.45) is 5.10 Å². The first-order valence-corrected chi connectivity index (χ1v) is 8.14. The molecule has 2 aromatic carbocycles. The monoisotopic (exact) mass is 365 g/mol. The van der Waals surface area contributed by atoms with E-state index in [1.165, 1.54) is 6.21 Å². The molecule has 4 rings (SSSR count). The number of fused-ring (bicyclic) bond motifs is 1. The summed E-state index contributed by atoms with van der Waals surface area (Å²) in [5, 5.41) is 4.94. The number of hydrogen-bond acceptors (Lipinski definition) is 4. The van der Waals surface area contributed by atoms with Crippen LogP contribution in [0.4, 0.5) is 0 Å². The highest BCUT2D eigenvalue weighted by Crippen LogP contribution is 2.24. The molecule has 0 bridgehead atoms. The molecule has 0 aliphatic carbocycles. The van der Waals surface area contributed by atoms with Gasteiger partial charge in [-0.25, -0.2) is 4.79 Å². The number of H-pyrrole nitrogens is 1. The summed E-state index contributed by atoms with van der Waals surface area (Å²) >= 11 is 5.98. The van der Waals surface area contributed by atoms with E-state index in [1.807, 2.05) is 12.1 Å². The first-order chi connectivity index (χ1) is 12.6. The van der Waals surface area contributed by atoms with Crippen LogP contribution in [-0.2, 0) is 0 Å². The summed E-state index contributed by atoms with van der Waals surface area (Å²) in [6.45, 7) is 0. The van der Waals surface area contributed by atoms with E-state index < -0.39 is 11.2 Å². The number of para-hydroxylation sites is 1. The lowest BCUT2D eigenvalue weighted by Gasteiger charge is -2.00. The van der Waals surface area contributed by atoms with Crippen LogP contribution in [0, 0.1) is 0 Å². The molecule has 2 heterocycles. The van der Waals surface area contributed by atoms with Crippen LogP contribution in [0.1, 0.15) is 5.76 Å². The minimum absolute atomic E-state index is 0.378. The molecule has 0 unspecified atom stereocenters. The van der Waals surface area contributed by atoms with Gasteiger partial charge in [-0.3, -0.25) is 4.79 Å². The summed E-state index contributed by atoms with van der Waals surface area (Å²) in [5.74, 6) is 1.01. The van der Waals surface area contributed by atoms with Crippen LogP contribution < -0.4 is 11.2 Å². The van der Waals surface area contributed by atoms with Crippen molar-refractivity contribution in [3.05, 3.63) is 92.3 Å². The highest BCUT2D eigenvalue weighted by atomic mass is 35.5. The van der Waals surface area contributed by atoms with Gasteiger partial charge in [0.1, 0.15) is 11.5 Å². The van der Waals surface area contributed by atoms with Crippen molar-refractivity contribution in [1.82, 2.24) is 9.66 Å². The molecule has 0 fully saturated rings. The van der Waals surface area contributed by atoms with Gasteiger partial charge < -0.3 is 9.40 Å². The van der Waals surface area contributed by atoms with Crippen molar-refractivity contribution in [1.29, 1.82) is 0 Å². The van der Waals surface area contributed by atoms with Gasteiger partial charge in [0.2, 0.25) is 0 Å². The molecule has 0 amide bonds. The molecule has 0 atom stereocenters. The number of hydrogen-bond donors (Lipinski definition) is 1. The number of furan rings is 1. The number of aromatic nitrogens is 2. The molecule has 4 aromatic rings. The van der Waals surface area contributed by atoms with E-state index in [0.717, 1.165) is 10.2 Å². The minimum atomic E-state index is -0.619. The second-order valence-corrected chi connectivity index (χ2v) is 5.99. The van der Waals surface area contributed by atoms with Gasteiger partial charge in [0.15, 0.2) is 0 Å². The van der Waals surface area contributed by atoms with Crippen molar-refractivity contribution in [3.8, 4) is 11.3 Å². The third-order valence-electron chi connectivity index (χ3n) is 3.82. The van der Waals surface area contributed by atoms with Crippen LogP contribution in [0.15, 0.2) is 79.8 Å². The van der Waals surface area contributed by atoms with Crippen molar-refractivity contribution in [3.63, 3.8) is 0 Å². The van der Waals surface area contributed by atoms with E-state index in [2.05, 4.69) is 10.1 Å². The van der Waals surface area contributed by atoms with Gasteiger partial charge in [0, 0.05) is 10.6 Å². The lowest BCUT2D eigenvalue weighted by molar-refractivity contribution is 0.573. The van der Waals surface area contributed by atoms with Crippen LogP contribution in [0.2, 0.25) is 5.02 Å². The quantitative estimate of drug-likeness (QED) is 0.564. The molecule has 0 aliphatic heterocycles. The number of aromatic amines is 1. The van der Waals surface area contributed by atoms with E-state index in [4.69, 9.17) is 16.0 Å². The molecule has 0 saturated carbocycles. The summed E-state index contributed by atoms with van der Waals surface area (Å²) in [6, 6.07) is 17.5. The molecule has 26 heavy (non-hydrogen) atoms. The molecule has 7 heteroatoms. The van der Waals surface area contributed by atoms with Crippen LogP contribution in [0.3, 0.4) is 0 Å². The van der Waals surface area contributed by atoms with Crippen LogP contribution >= 0.6 is 11.6 Å². The largest absolute Gasteiger partial charge is 0.455 e. The number of rotatable bonds is 3. The second kappa shape index (κ2) is 6.50. The van der Waals surface area contributed by atoms with E-state index in [9.17, 15) is 9.59 Å². The molecule has 0 saturated heterocycles. The first kappa shape index (κ1) is 16.1. The minimum Gasteiger partial charge on any atom is -0.455 e. The van der Waals surface area contributed by atoms with Crippen molar-refractivity contribution in [2.75, 3.05) is 0 Å². The molecule has 0 radical (unpaired) electrons. The predicted octanol–water partition coefficient (Wildman–Crippen LogP) is 3.49. The van der Waals surface area contributed by atoms with E-state index in [-0.39, 0.29) is 0 Å². The Kier molecular flexibility index (Phi) is 4.02. The SMILES string of the molecule is O=c1[nH]c2ccccc2c(=O)n1N=Cc1ccc(-c2cccc(Cl)c2)o1. The van der Waals surface area contributed by atoms with Gasteiger partial charge in [0.05, 0.1) is 17.1 Å². The average molecular weight is 366 g/mol. The number of nitrogens with zero attached hydrogens (tertiary/aromatic N) is 2. The fourth-order valence-electron chi connectivity index (χ4n) is 2.59. The van der Waals surface area contributed by atoms with Crippen LogP contribution in [-0.4, -0.2) is 15.9 Å². The lowest BCUT2D eigenvalue weighted by Crippen LogP contribution is -2.32. The van der Waals surface area contributed by atoms with Gasteiger partial charge in [-0.15, -0.1) is 4.68 Å². The molecular weight excluding hydrogens is 354 g/mol. The van der Waals surface area contributed by atoms with E-state index >= 15 is 0 Å². The van der Waals surface area contributed by atoms with Crippen molar-refractivity contribution >= 4 is 28.7 Å². The molecule has 0 spiro atoms. The second-order valence-electron chi connectivity index (χ2n) is 5.55. The third kappa shape index (κ3) is 2.98. The smallest absolute Gasteiger partial charge is 0.349 e. The highest BCUT2D eigenvalue weighted by molar-refractivity contribution is 6.30. The maximum atomic E-state index is 12.4. The summed E-state index contributed by atoms with van der Waals surface area (Å²) in [7, 11) is 0. The molecular formula is C19H12ClN3O3. The Balaban J connectivity index is 1.70. The zero-order chi connectivity index (χ0) is 18.1. The Labute approximate surface area is 152 Å². The van der Waals surface area contributed by atoms with Gasteiger partial charge >= 0.3 is 5.69 Å². The fourth-order valence-corrected chi connectivity index (χ4v) is 2.78. The summed E-state index contributed by atoms with van der Waals surface area (Å²) in [5.41, 5.74) is 0.168. The number of halogens is 1. The topological polar surface area (TPSA) is 80.4 Å². The maximum absolute atomic E-state index is 12.4. The Morgan fingerprint density at radius 1 is 1.04 bits per heavy atom. The Morgan fingerprint density at radius 3 is 2.73 bits per heavy atom. The van der Waals surface area contributed by atoms with Crippen LogP contribution in [0.25, 0.3) is 22.2 Å². The normalized spacial score (nSPS) is 11.4. The maximum Gasteiger partial charge on any atom is 0.349 e. The number of benzene rings is 2. The predicted molar refractivity (Wildman–Crippen MR) is 101 cm³/mol. The fraction of sp³-hybridized carbons (Fsp3) is 0. The summed E-state index contributed by atoms with van der Waals surface area (Å²) in [4.78, 5) is 27.1. The standard InChI is InChI=1S/C19H12ClN3O3/c20-13-5-3-4-12(10-13)17-9-8-14(26-17)11-21-23-18(24)15-6-1-2-7-16(15)22-19(23)25/h1-11H,(H,22,25). The Hall–Kier alpha value is -3.38. The molecule has 6 nitrogen and oxygen atoms in total. The van der Waals surface area contributed by atoms with Gasteiger partial charge in [-0.1, -0.05) is 35.9 Å². The lowest BCUT2D eigenvalue weighted by atomic mass is 10.2. The molecule has 128 valence electrons. The highest BCUT2D eigenvalue weighted by Gasteiger charge is 2.07. The van der Waals surface area contributed by atoms with Crippen molar-refractivity contribution in [2.45, 2.75) is 0 Å². The molecule has 0 aliphatic rings. The summed E-state index contributed by atoms with van der Waals surface area (Å²) in [6.07, 6.45) is 1.32. The third-order valence-corrected chi connectivity index (χ3v) is 4.06.